The molecule has 0 saturated carbocycles. The van der Waals surface area contributed by atoms with Gasteiger partial charge in [-0.25, -0.2) is 0 Å². The molecule has 0 unspecified atom stereocenters. The van der Waals surface area contributed by atoms with Crippen molar-refractivity contribution in [3.05, 3.63) is 17.7 Å². The molecular formula is C15H22N2O2. The van der Waals surface area contributed by atoms with Crippen molar-refractivity contribution in [2.45, 2.75) is 20.8 Å². The zero-order valence-corrected chi connectivity index (χ0v) is 12.6. The molecule has 4 heteroatoms. The Hall–Kier alpha value is -1.89. The highest BCUT2D eigenvalue weighted by Crippen LogP contribution is 2.37. The minimum absolute atomic E-state index is 0.409. The maximum Gasteiger partial charge on any atom is 0.148 e. The van der Waals surface area contributed by atoms with Crippen molar-refractivity contribution in [2.24, 2.45) is 5.41 Å². The van der Waals surface area contributed by atoms with E-state index in [0.29, 0.717) is 6.54 Å². The van der Waals surface area contributed by atoms with Crippen molar-refractivity contribution in [1.29, 1.82) is 5.26 Å². The fraction of sp³-hybridized carbons (Fsp3) is 0.533. The molecule has 0 radical (unpaired) electrons. The van der Waals surface area contributed by atoms with Gasteiger partial charge < -0.3 is 14.4 Å². The highest BCUT2D eigenvalue weighted by molar-refractivity contribution is 5.65. The molecule has 0 N–H and O–H groups in total. The minimum atomic E-state index is -0.409. The van der Waals surface area contributed by atoms with Gasteiger partial charge in [-0.2, -0.15) is 5.26 Å². The number of benzene rings is 1. The predicted molar refractivity (Wildman–Crippen MR) is 76.9 cm³/mol. The van der Waals surface area contributed by atoms with Crippen LogP contribution in [0.3, 0.4) is 0 Å². The van der Waals surface area contributed by atoms with Gasteiger partial charge in [-0.05, 0) is 32.9 Å². The normalized spacial score (nSPS) is 10.8. The van der Waals surface area contributed by atoms with E-state index in [9.17, 15) is 0 Å². The van der Waals surface area contributed by atoms with Crippen molar-refractivity contribution >= 4 is 5.69 Å². The number of hydrogen-bond donors (Lipinski definition) is 0. The van der Waals surface area contributed by atoms with E-state index < -0.39 is 5.41 Å². The molecule has 0 bridgehead atoms. The first-order valence-electron chi connectivity index (χ1n) is 6.20. The van der Waals surface area contributed by atoms with Crippen molar-refractivity contribution in [1.82, 2.24) is 0 Å². The highest BCUT2D eigenvalue weighted by Gasteiger charge is 2.22. The fourth-order valence-corrected chi connectivity index (χ4v) is 2.15. The van der Waals surface area contributed by atoms with E-state index in [-0.39, 0.29) is 0 Å². The van der Waals surface area contributed by atoms with E-state index >= 15 is 0 Å². The van der Waals surface area contributed by atoms with Crippen LogP contribution >= 0.6 is 0 Å². The van der Waals surface area contributed by atoms with E-state index in [1.807, 2.05) is 44.9 Å². The molecule has 4 nitrogen and oxygen atoms in total. The van der Waals surface area contributed by atoms with E-state index in [1.165, 1.54) is 0 Å². The van der Waals surface area contributed by atoms with Crippen LogP contribution in [-0.2, 0) is 0 Å². The molecule has 0 atom stereocenters. The molecule has 0 aliphatic carbocycles. The number of nitrogens with zero attached hydrogens (tertiary/aromatic N) is 2. The third-order valence-corrected chi connectivity index (χ3v) is 3.11. The zero-order valence-electron chi connectivity index (χ0n) is 12.6. The number of nitriles is 1. The smallest absolute Gasteiger partial charge is 0.148 e. The van der Waals surface area contributed by atoms with Gasteiger partial charge in [0.1, 0.15) is 11.5 Å². The summed E-state index contributed by atoms with van der Waals surface area (Å²) >= 11 is 0. The standard InChI is InChI=1S/C15H22N2O2/c1-11-13(18-5)8-7-12(14(11)19-6)17(4)10-15(2,3)9-16/h7-8H,10H2,1-6H3. The molecule has 1 rings (SSSR count). The molecular weight excluding hydrogens is 240 g/mol. The number of hydrogen-bond acceptors (Lipinski definition) is 4. The van der Waals surface area contributed by atoms with Crippen molar-refractivity contribution in [3.63, 3.8) is 0 Å². The average molecular weight is 262 g/mol. The Morgan fingerprint density at radius 1 is 1.26 bits per heavy atom. The first-order chi connectivity index (χ1) is 8.86. The Morgan fingerprint density at radius 3 is 2.37 bits per heavy atom. The molecule has 0 saturated heterocycles. The van der Waals surface area contributed by atoms with E-state index in [2.05, 4.69) is 6.07 Å². The molecule has 104 valence electrons. The first-order valence-corrected chi connectivity index (χ1v) is 6.20. The van der Waals surface area contributed by atoms with Crippen molar-refractivity contribution < 1.29 is 9.47 Å². The average Bonchev–Trinajstić information content (AvgIpc) is 2.37. The molecule has 0 fully saturated rings. The minimum Gasteiger partial charge on any atom is -0.496 e. The lowest BCUT2D eigenvalue weighted by atomic mass is 9.95. The fourth-order valence-electron chi connectivity index (χ4n) is 2.15. The first kappa shape index (κ1) is 15.2. The summed E-state index contributed by atoms with van der Waals surface area (Å²) in [6, 6.07) is 6.19. The topological polar surface area (TPSA) is 45.5 Å². The van der Waals surface area contributed by atoms with Crippen LogP contribution in [0.4, 0.5) is 5.69 Å². The quantitative estimate of drug-likeness (QED) is 0.818. The molecule has 0 aromatic heterocycles. The van der Waals surface area contributed by atoms with Crippen LogP contribution in [0.2, 0.25) is 0 Å². The Balaban J connectivity index is 3.14. The maximum atomic E-state index is 9.13. The van der Waals surface area contributed by atoms with E-state index in [0.717, 1.165) is 22.7 Å². The summed E-state index contributed by atoms with van der Waals surface area (Å²) in [5.41, 5.74) is 1.52. The van der Waals surface area contributed by atoms with Gasteiger partial charge in [0.25, 0.3) is 0 Å². The van der Waals surface area contributed by atoms with Crippen LogP contribution < -0.4 is 14.4 Å². The second-order valence-corrected chi connectivity index (χ2v) is 5.30. The highest BCUT2D eigenvalue weighted by atomic mass is 16.5. The van der Waals surface area contributed by atoms with Crippen LogP contribution in [-0.4, -0.2) is 27.8 Å². The third-order valence-electron chi connectivity index (χ3n) is 3.11. The summed E-state index contributed by atoms with van der Waals surface area (Å²) in [5.74, 6) is 1.59. The molecule has 1 aromatic rings. The van der Waals surface area contributed by atoms with E-state index in [4.69, 9.17) is 14.7 Å². The Labute approximate surface area is 115 Å². The lowest BCUT2D eigenvalue weighted by Gasteiger charge is -2.28. The lowest BCUT2D eigenvalue weighted by molar-refractivity contribution is 0.388. The van der Waals surface area contributed by atoms with Gasteiger partial charge >= 0.3 is 0 Å². The van der Waals surface area contributed by atoms with Gasteiger partial charge in [0.15, 0.2) is 0 Å². The third kappa shape index (κ3) is 3.31. The number of ether oxygens (including phenoxy) is 2. The zero-order chi connectivity index (χ0) is 14.6. The van der Waals surface area contributed by atoms with Crippen LogP contribution in [0.15, 0.2) is 12.1 Å². The van der Waals surface area contributed by atoms with Gasteiger partial charge in [-0.3, -0.25) is 0 Å². The summed E-state index contributed by atoms with van der Waals surface area (Å²) in [6.45, 7) is 6.44. The number of anilines is 1. The predicted octanol–water partition coefficient (Wildman–Crippen LogP) is 3.00. The van der Waals surface area contributed by atoms with Crippen molar-refractivity contribution in [3.8, 4) is 17.6 Å². The summed E-state index contributed by atoms with van der Waals surface area (Å²) in [4.78, 5) is 2.04. The molecule has 19 heavy (non-hydrogen) atoms. The largest absolute Gasteiger partial charge is 0.496 e. The lowest BCUT2D eigenvalue weighted by Crippen LogP contribution is -2.30. The summed E-state index contributed by atoms with van der Waals surface area (Å²) < 4.78 is 10.8. The van der Waals surface area contributed by atoms with Crippen LogP contribution in [0.1, 0.15) is 19.4 Å². The van der Waals surface area contributed by atoms with Gasteiger partial charge in [0.05, 0.1) is 31.4 Å². The number of rotatable bonds is 5. The van der Waals surface area contributed by atoms with Crippen LogP contribution in [0, 0.1) is 23.7 Å². The maximum absolute atomic E-state index is 9.13. The van der Waals surface area contributed by atoms with E-state index in [1.54, 1.807) is 14.2 Å². The Kier molecular flexibility index (Phi) is 4.66. The molecule has 0 amide bonds. The van der Waals surface area contributed by atoms with Gasteiger partial charge in [-0.1, -0.05) is 0 Å². The number of methoxy groups -OCH3 is 2. The van der Waals surface area contributed by atoms with Crippen LogP contribution in [0.5, 0.6) is 11.5 Å². The van der Waals surface area contributed by atoms with Gasteiger partial charge in [-0.15, -0.1) is 0 Å². The summed E-state index contributed by atoms with van der Waals surface area (Å²) in [7, 11) is 5.25. The Morgan fingerprint density at radius 2 is 1.89 bits per heavy atom. The molecule has 0 spiro atoms. The second kappa shape index (κ2) is 5.83. The van der Waals surface area contributed by atoms with Crippen molar-refractivity contribution in [2.75, 3.05) is 32.7 Å². The van der Waals surface area contributed by atoms with Crippen LogP contribution in [0.25, 0.3) is 0 Å². The molecule has 0 aliphatic heterocycles. The molecule has 0 heterocycles. The SMILES string of the molecule is COc1ccc(N(C)CC(C)(C)C#N)c(OC)c1C. The summed E-state index contributed by atoms with van der Waals surface area (Å²) in [6.07, 6.45) is 0. The molecule has 1 aromatic carbocycles. The second-order valence-electron chi connectivity index (χ2n) is 5.30. The Bertz CT molecular complexity index is 490. The van der Waals surface area contributed by atoms with Gasteiger partial charge in [0.2, 0.25) is 0 Å². The molecule has 0 aliphatic rings. The van der Waals surface area contributed by atoms with Gasteiger partial charge in [0, 0.05) is 19.2 Å². The summed E-state index contributed by atoms with van der Waals surface area (Å²) in [5, 5.41) is 9.13. The monoisotopic (exact) mass is 262 g/mol.